The summed E-state index contributed by atoms with van der Waals surface area (Å²) in [4.78, 5) is 17.5. The average molecular weight is 594 g/mol. The third-order valence-corrected chi connectivity index (χ3v) is 7.93. The average Bonchev–Trinajstić information content (AvgIpc) is 3.29. The molecular weight excluding hydrogens is 568 g/mol. The Bertz CT molecular complexity index is 1640. The van der Waals surface area contributed by atoms with Crippen LogP contribution in [-0.4, -0.2) is 51.1 Å². The number of allylic oxidation sites excluding steroid dienone is 2. The minimum atomic E-state index is -3.26. The molecule has 4 unspecified atom stereocenters. The van der Waals surface area contributed by atoms with E-state index < -0.39 is 39.8 Å². The SMILES string of the molecule is C/C=C/N=C(/C(F)=C/n1c(C)cc(C2C(C)C2c2cnn(C(O)(O)O)n2)c(Cl)c1=O)c1cccc(S(C)=O)c1F. The highest BCUT2D eigenvalue weighted by atomic mass is 35.5. The first kappa shape index (κ1) is 29.6. The van der Waals surface area contributed by atoms with Gasteiger partial charge in [0.25, 0.3) is 5.56 Å². The molecule has 1 aliphatic carbocycles. The van der Waals surface area contributed by atoms with Crippen LogP contribution >= 0.6 is 11.6 Å². The molecule has 3 N–H and O–H groups in total. The lowest BCUT2D eigenvalue weighted by atomic mass is 10.1. The summed E-state index contributed by atoms with van der Waals surface area (Å²) in [6, 6.07) is 5.69. The molecule has 0 aliphatic heterocycles. The van der Waals surface area contributed by atoms with Gasteiger partial charge in [-0.1, -0.05) is 35.5 Å². The van der Waals surface area contributed by atoms with Crippen molar-refractivity contribution in [3.8, 4) is 0 Å². The highest BCUT2D eigenvalue weighted by Gasteiger charge is 2.51. The molecule has 0 bridgehead atoms. The Kier molecular flexibility index (Phi) is 8.33. The molecule has 1 aromatic carbocycles. The zero-order valence-corrected chi connectivity index (χ0v) is 23.4. The van der Waals surface area contributed by atoms with E-state index in [1.54, 1.807) is 19.9 Å². The van der Waals surface area contributed by atoms with Crippen LogP contribution in [0.25, 0.3) is 6.20 Å². The van der Waals surface area contributed by atoms with E-state index in [-0.39, 0.29) is 33.2 Å². The van der Waals surface area contributed by atoms with Crippen LogP contribution in [0.4, 0.5) is 8.78 Å². The highest BCUT2D eigenvalue weighted by molar-refractivity contribution is 7.84. The number of aryl methyl sites for hydroxylation is 1. The molecule has 40 heavy (non-hydrogen) atoms. The van der Waals surface area contributed by atoms with Gasteiger partial charge in [0.1, 0.15) is 16.6 Å². The molecule has 0 amide bonds. The van der Waals surface area contributed by atoms with Crippen LogP contribution in [0.5, 0.6) is 0 Å². The summed E-state index contributed by atoms with van der Waals surface area (Å²) in [7, 11) is -1.67. The molecule has 1 saturated carbocycles. The van der Waals surface area contributed by atoms with Gasteiger partial charge in [0.15, 0.2) is 5.83 Å². The summed E-state index contributed by atoms with van der Waals surface area (Å²) >= 11 is 6.46. The van der Waals surface area contributed by atoms with Crippen LogP contribution in [0.1, 0.15) is 48.2 Å². The van der Waals surface area contributed by atoms with Gasteiger partial charge in [-0.15, -0.1) is 0 Å². The van der Waals surface area contributed by atoms with Gasteiger partial charge >= 0.3 is 6.10 Å². The fourth-order valence-corrected chi connectivity index (χ4v) is 5.52. The number of hydrogen-bond acceptors (Lipinski definition) is 8. The summed E-state index contributed by atoms with van der Waals surface area (Å²) in [5.41, 5.74) is -0.186. The zero-order chi connectivity index (χ0) is 29.5. The second-order valence-electron chi connectivity index (χ2n) is 9.31. The van der Waals surface area contributed by atoms with Gasteiger partial charge in [-0.2, -0.15) is 10.2 Å². The Labute approximate surface area is 235 Å². The summed E-state index contributed by atoms with van der Waals surface area (Å²) in [6.07, 6.45) is 2.96. The van der Waals surface area contributed by atoms with Crippen LogP contribution in [0.2, 0.25) is 5.02 Å². The molecule has 1 aliphatic rings. The van der Waals surface area contributed by atoms with Crippen LogP contribution in [0, 0.1) is 18.7 Å². The van der Waals surface area contributed by atoms with E-state index in [0.717, 1.165) is 10.8 Å². The number of pyridine rings is 1. The maximum atomic E-state index is 15.7. The molecule has 4 rings (SSSR count). The third kappa shape index (κ3) is 5.60. The van der Waals surface area contributed by atoms with Gasteiger partial charge in [-0.05, 0) is 49.4 Å². The lowest BCUT2D eigenvalue weighted by Gasteiger charge is -2.12. The van der Waals surface area contributed by atoms with Crippen LogP contribution in [0.3, 0.4) is 0 Å². The molecule has 10 nitrogen and oxygen atoms in total. The Morgan fingerprint density at radius 2 is 1.98 bits per heavy atom. The van der Waals surface area contributed by atoms with Crippen molar-refractivity contribution in [1.82, 2.24) is 19.6 Å². The first-order valence-corrected chi connectivity index (χ1v) is 13.9. The second kappa shape index (κ2) is 11.3. The van der Waals surface area contributed by atoms with Crippen LogP contribution < -0.4 is 5.56 Å². The summed E-state index contributed by atoms with van der Waals surface area (Å²) in [5, 5.41) is 35.2. The fourth-order valence-electron chi connectivity index (χ4n) is 4.61. The van der Waals surface area contributed by atoms with Crippen molar-refractivity contribution in [1.29, 1.82) is 0 Å². The molecule has 2 aromatic heterocycles. The minimum Gasteiger partial charge on any atom is -0.323 e. The Morgan fingerprint density at radius 1 is 1.27 bits per heavy atom. The quantitative estimate of drug-likeness (QED) is 0.269. The molecule has 212 valence electrons. The van der Waals surface area contributed by atoms with Crippen LogP contribution in [0.15, 0.2) is 63.2 Å². The molecule has 0 radical (unpaired) electrons. The van der Waals surface area contributed by atoms with Crippen molar-refractivity contribution in [2.75, 3.05) is 6.26 Å². The van der Waals surface area contributed by atoms with E-state index in [0.29, 0.717) is 21.7 Å². The number of halogens is 3. The third-order valence-electron chi connectivity index (χ3n) is 6.61. The van der Waals surface area contributed by atoms with Gasteiger partial charge in [-0.25, -0.2) is 8.78 Å². The van der Waals surface area contributed by atoms with E-state index in [1.807, 2.05) is 6.92 Å². The topological polar surface area (TPSA) is 143 Å². The first-order chi connectivity index (χ1) is 18.8. The number of hydrogen-bond donors (Lipinski definition) is 3. The number of nitrogens with zero attached hydrogens (tertiary/aromatic N) is 5. The predicted octanol–water partition coefficient (Wildman–Crippen LogP) is 3.13. The maximum absolute atomic E-state index is 15.7. The number of rotatable bonds is 8. The van der Waals surface area contributed by atoms with Gasteiger partial charge in [0.2, 0.25) is 0 Å². The predicted molar refractivity (Wildman–Crippen MR) is 145 cm³/mol. The monoisotopic (exact) mass is 593 g/mol. The lowest BCUT2D eigenvalue weighted by molar-refractivity contribution is -0.387. The largest absolute Gasteiger partial charge is 0.405 e. The molecule has 3 aromatic rings. The summed E-state index contributed by atoms with van der Waals surface area (Å²) in [6.45, 7) is 5.10. The first-order valence-electron chi connectivity index (χ1n) is 12.0. The van der Waals surface area contributed by atoms with Crippen LogP contribution in [-0.2, 0) is 16.9 Å². The Hall–Kier alpha value is -3.36. The molecule has 4 atom stereocenters. The van der Waals surface area contributed by atoms with Crippen molar-refractivity contribution in [2.45, 2.75) is 43.6 Å². The molecule has 14 heteroatoms. The maximum Gasteiger partial charge on any atom is 0.405 e. The van der Waals surface area contributed by atoms with Gasteiger partial charge in [0, 0.05) is 29.6 Å². The smallest absolute Gasteiger partial charge is 0.323 e. The van der Waals surface area contributed by atoms with Gasteiger partial charge < -0.3 is 15.3 Å². The van der Waals surface area contributed by atoms with Crippen molar-refractivity contribution in [2.24, 2.45) is 10.9 Å². The van der Waals surface area contributed by atoms with Crippen molar-refractivity contribution in [3.63, 3.8) is 0 Å². The highest BCUT2D eigenvalue weighted by Crippen LogP contribution is 2.60. The van der Waals surface area contributed by atoms with E-state index in [9.17, 15) is 24.3 Å². The second-order valence-corrected chi connectivity index (χ2v) is 11.0. The Morgan fingerprint density at radius 3 is 2.58 bits per heavy atom. The number of benzene rings is 1. The summed E-state index contributed by atoms with van der Waals surface area (Å²) < 4.78 is 43.7. The van der Waals surface area contributed by atoms with Gasteiger partial charge in [-0.3, -0.25) is 18.6 Å². The molecule has 2 heterocycles. The standard InChI is InChI=1S/C26H26ClF2N5O5S/c1-5-9-30-24(15-7-6-8-19(23(15)29)40(4)39)17(28)12-33-13(2)10-16(22(27)25(33)35)20-14(3)21(20)18-11-31-34(32-18)26(36,37)38/h5-12,14,20-21,36-38H,1-4H3/b9-5+,17-12-,30-24+. The van der Waals surface area contributed by atoms with E-state index >= 15 is 8.78 Å². The number of aliphatic imine (C=N–C) groups is 1. The van der Waals surface area contributed by atoms with Crippen molar-refractivity contribution >= 4 is 34.3 Å². The normalized spacial score (nSPS) is 20.8. The fraction of sp³-hybridized carbons (Fsp3) is 0.308. The van der Waals surface area contributed by atoms with E-state index in [1.165, 1.54) is 42.9 Å². The molecular formula is C26H26ClF2N5O5S. The minimum absolute atomic E-state index is 0.0611. The Balaban J connectivity index is 1.73. The zero-order valence-electron chi connectivity index (χ0n) is 21.8. The number of aliphatic hydroxyl groups is 3. The number of aromatic nitrogens is 4. The molecule has 0 spiro atoms. The lowest BCUT2D eigenvalue weighted by Crippen LogP contribution is -2.34. The summed E-state index contributed by atoms with van der Waals surface area (Å²) in [5.74, 6) is -2.54. The van der Waals surface area contributed by atoms with E-state index in [2.05, 4.69) is 15.2 Å². The molecule has 1 fully saturated rings. The molecule has 0 saturated heterocycles. The van der Waals surface area contributed by atoms with Crippen molar-refractivity contribution in [3.05, 3.63) is 92.3 Å². The van der Waals surface area contributed by atoms with Crippen molar-refractivity contribution < 1.29 is 28.3 Å². The van der Waals surface area contributed by atoms with E-state index in [4.69, 9.17) is 11.6 Å². The van der Waals surface area contributed by atoms with Gasteiger partial charge in [0.05, 0.1) is 33.8 Å².